The minimum Gasteiger partial charge on any atom is -0.397 e. The zero-order valence-corrected chi connectivity index (χ0v) is 13.1. The Balaban J connectivity index is 2.72. The fraction of sp³-hybridized carbons (Fsp3) is 0.538. The summed E-state index contributed by atoms with van der Waals surface area (Å²) < 4.78 is 13.9. The van der Waals surface area contributed by atoms with Gasteiger partial charge in [-0.3, -0.25) is 0 Å². The zero-order chi connectivity index (χ0) is 13.9. The van der Waals surface area contributed by atoms with Crippen LogP contribution in [0, 0.1) is 15.3 Å². The molecule has 5 heteroatoms. The van der Waals surface area contributed by atoms with Gasteiger partial charge in [0.15, 0.2) is 0 Å². The van der Waals surface area contributed by atoms with E-state index < -0.39 is 5.60 Å². The molecule has 4 N–H and O–H groups in total. The molecule has 0 aliphatic rings. The van der Waals surface area contributed by atoms with E-state index in [9.17, 15) is 9.50 Å². The number of benzene rings is 1. The molecule has 1 rings (SSSR count). The number of aliphatic hydroxyl groups is 1. The predicted molar refractivity (Wildman–Crippen MR) is 82.1 cm³/mol. The smallest absolute Gasteiger partial charge is 0.138 e. The molecular weight excluding hydrogens is 346 g/mol. The second-order valence-corrected chi connectivity index (χ2v) is 6.46. The maximum atomic E-state index is 13.4. The van der Waals surface area contributed by atoms with Gasteiger partial charge in [0.2, 0.25) is 0 Å². The highest BCUT2D eigenvalue weighted by Gasteiger charge is 2.22. The molecule has 0 bridgehead atoms. The van der Waals surface area contributed by atoms with Gasteiger partial charge in [-0.2, -0.15) is 0 Å². The summed E-state index contributed by atoms with van der Waals surface area (Å²) in [5.41, 5.74) is 5.98. The molecular formula is C13H20FIN2O. The number of nitrogen functional groups attached to an aromatic ring is 1. The fourth-order valence-corrected chi connectivity index (χ4v) is 2.44. The van der Waals surface area contributed by atoms with E-state index in [1.165, 1.54) is 6.07 Å². The summed E-state index contributed by atoms with van der Waals surface area (Å²) in [6, 6.07) is 2.94. The van der Waals surface area contributed by atoms with Crippen molar-refractivity contribution in [2.75, 3.05) is 17.6 Å². The quantitative estimate of drug-likeness (QED) is 0.554. The number of nitrogens with one attached hydrogen (secondary N) is 1. The molecule has 1 aromatic rings. The molecule has 3 nitrogen and oxygen atoms in total. The first-order chi connectivity index (χ1) is 8.21. The van der Waals surface area contributed by atoms with Gasteiger partial charge < -0.3 is 16.2 Å². The second-order valence-electron chi connectivity index (χ2n) is 5.30. The van der Waals surface area contributed by atoms with E-state index in [4.69, 9.17) is 5.73 Å². The Morgan fingerprint density at radius 3 is 2.67 bits per heavy atom. The predicted octanol–water partition coefficient (Wildman–Crippen LogP) is 3.22. The first-order valence-corrected chi connectivity index (χ1v) is 7.00. The molecule has 0 radical (unpaired) electrons. The second kappa shape index (κ2) is 6.06. The molecule has 1 atom stereocenters. The van der Waals surface area contributed by atoms with E-state index in [0.29, 0.717) is 33.8 Å². The Kier molecular flexibility index (Phi) is 5.21. The minimum atomic E-state index is -0.833. The number of hydrogen-bond acceptors (Lipinski definition) is 3. The Hall–Kier alpha value is -0.560. The van der Waals surface area contributed by atoms with Crippen molar-refractivity contribution < 1.29 is 9.50 Å². The number of anilines is 2. The van der Waals surface area contributed by atoms with E-state index in [0.717, 1.165) is 0 Å². The van der Waals surface area contributed by atoms with Crippen LogP contribution < -0.4 is 11.1 Å². The molecule has 102 valence electrons. The van der Waals surface area contributed by atoms with E-state index in [1.54, 1.807) is 13.0 Å². The van der Waals surface area contributed by atoms with Crippen molar-refractivity contribution in [3.63, 3.8) is 0 Å². The standard InChI is InChI=1S/C13H20FIN2O/c1-8(2)6-13(3,18)7-17-12-4-9(14)10(15)5-11(12)16/h4-5,8,17-18H,6-7,16H2,1-3H3. The summed E-state index contributed by atoms with van der Waals surface area (Å²) in [5.74, 6) is 0.0865. The molecule has 0 fully saturated rings. The van der Waals surface area contributed by atoms with Crippen LogP contribution in [-0.4, -0.2) is 17.3 Å². The average Bonchev–Trinajstić information content (AvgIpc) is 2.19. The molecule has 0 saturated heterocycles. The maximum absolute atomic E-state index is 13.4. The number of hydrogen-bond donors (Lipinski definition) is 3. The van der Waals surface area contributed by atoms with Crippen LogP contribution in [0.5, 0.6) is 0 Å². The highest BCUT2D eigenvalue weighted by atomic mass is 127. The molecule has 0 aromatic heterocycles. The van der Waals surface area contributed by atoms with Crippen molar-refractivity contribution in [1.82, 2.24) is 0 Å². The molecule has 1 unspecified atom stereocenters. The van der Waals surface area contributed by atoms with Crippen LogP contribution in [0.25, 0.3) is 0 Å². The van der Waals surface area contributed by atoms with Gasteiger partial charge in [-0.05, 0) is 47.9 Å². The summed E-state index contributed by atoms with van der Waals surface area (Å²) in [7, 11) is 0. The third kappa shape index (κ3) is 4.61. The highest BCUT2D eigenvalue weighted by molar-refractivity contribution is 14.1. The first kappa shape index (κ1) is 15.5. The van der Waals surface area contributed by atoms with Crippen LogP contribution in [0.4, 0.5) is 15.8 Å². The Morgan fingerprint density at radius 1 is 1.50 bits per heavy atom. The number of halogens is 2. The lowest BCUT2D eigenvalue weighted by Crippen LogP contribution is -2.35. The van der Waals surface area contributed by atoms with Gasteiger partial charge in [-0.15, -0.1) is 0 Å². The summed E-state index contributed by atoms with van der Waals surface area (Å²) in [6.07, 6.45) is 0.673. The molecule has 0 heterocycles. The van der Waals surface area contributed by atoms with Gasteiger partial charge >= 0.3 is 0 Å². The highest BCUT2D eigenvalue weighted by Crippen LogP contribution is 2.25. The van der Waals surface area contributed by atoms with Gasteiger partial charge in [0.05, 0.1) is 20.5 Å². The van der Waals surface area contributed by atoms with Gasteiger partial charge in [-0.25, -0.2) is 4.39 Å². The number of nitrogens with two attached hydrogens (primary N) is 1. The van der Waals surface area contributed by atoms with Crippen LogP contribution in [0.3, 0.4) is 0 Å². The van der Waals surface area contributed by atoms with Crippen LogP contribution in [0.15, 0.2) is 12.1 Å². The van der Waals surface area contributed by atoms with Crippen LogP contribution >= 0.6 is 22.6 Å². The Morgan fingerprint density at radius 2 is 2.11 bits per heavy atom. The molecule has 0 aliphatic carbocycles. The van der Waals surface area contributed by atoms with Crippen molar-refractivity contribution in [3.05, 3.63) is 21.5 Å². The summed E-state index contributed by atoms with van der Waals surface area (Å²) in [4.78, 5) is 0. The molecule has 1 aromatic carbocycles. The molecule has 0 saturated carbocycles. The van der Waals surface area contributed by atoms with Gasteiger partial charge in [0.1, 0.15) is 5.82 Å². The zero-order valence-electron chi connectivity index (χ0n) is 10.9. The minimum absolute atomic E-state index is 0.309. The molecule has 0 amide bonds. The largest absolute Gasteiger partial charge is 0.397 e. The van der Waals surface area contributed by atoms with E-state index in [-0.39, 0.29) is 5.82 Å². The monoisotopic (exact) mass is 366 g/mol. The molecule has 0 spiro atoms. The van der Waals surface area contributed by atoms with Gasteiger partial charge in [0, 0.05) is 12.6 Å². The van der Waals surface area contributed by atoms with E-state index in [1.807, 2.05) is 36.4 Å². The van der Waals surface area contributed by atoms with Crippen LogP contribution in [-0.2, 0) is 0 Å². The lowest BCUT2D eigenvalue weighted by atomic mass is 9.94. The van der Waals surface area contributed by atoms with Gasteiger partial charge in [-0.1, -0.05) is 13.8 Å². The first-order valence-electron chi connectivity index (χ1n) is 5.92. The SMILES string of the molecule is CC(C)CC(C)(O)CNc1cc(F)c(I)cc1N. The maximum Gasteiger partial charge on any atom is 0.138 e. The van der Waals surface area contributed by atoms with E-state index in [2.05, 4.69) is 5.32 Å². The summed E-state index contributed by atoms with van der Waals surface area (Å²) in [6.45, 7) is 6.20. The van der Waals surface area contributed by atoms with Crippen molar-refractivity contribution in [2.45, 2.75) is 32.8 Å². The normalized spacial score (nSPS) is 14.6. The lowest BCUT2D eigenvalue weighted by Gasteiger charge is -2.26. The van der Waals surface area contributed by atoms with Crippen molar-refractivity contribution in [1.29, 1.82) is 0 Å². The number of rotatable bonds is 5. The Bertz CT molecular complexity index is 422. The van der Waals surface area contributed by atoms with Crippen LogP contribution in [0.1, 0.15) is 27.2 Å². The third-order valence-corrected chi connectivity index (χ3v) is 3.43. The summed E-state index contributed by atoms with van der Waals surface area (Å²) >= 11 is 1.90. The molecule has 0 aliphatic heterocycles. The lowest BCUT2D eigenvalue weighted by molar-refractivity contribution is 0.0515. The topological polar surface area (TPSA) is 58.3 Å². The van der Waals surface area contributed by atoms with Crippen molar-refractivity contribution in [3.8, 4) is 0 Å². The Labute approximate surface area is 121 Å². The summed E-state index contributed by atoms with van der Waals surface area (Å²) in [5, 5.41) is 13.2. The van der Waals surface area contributed by atoms with Crippen molar-refractivity contribution >= 4 is 34.0 Å². The van der Waals surface area contributed by atoms with Crippen molar-refractivity contribution in [2.24, 2.45) is 5.92 Å². The third-order valence-electron chi connectivity index (χ3n) is 2.60. The molecule has 18 heavy (non-hydrogen) atoms. The van der Waals surface area contributed by atoms with E-state index >= 15 is 0 Å². The van der Waals surface area contributed by atoms with Gasteiger partial charge in [0.25, 0.3) is 0 Å². The fourth-order valence-electron chi connectivity index (χ4n) is 1.95. The average molecular weight is 366 g/mol. The van der Waals surface area contributed by atoms with Crippen LogP contribution in [0.2, 0.25) is 0 Å².